The third kappa shape index (κ3) is 3.84. The number of aryl methyl sites for hydroxylation is 2. The van der Waals surface area contributed by atoms with Crippen LogP contribution in [0.2, 0.25) is 0 Å². The maximum Gasteiger partial charge on any atom is 0.323 e. The molecule has 1 aliphatic heterocycles. The van der Waals surface area contributed by atoms with Crippen LogP contribution in [0, 0.1) is 19.8 Å². The lowest BCUT2D eigenvalue weighted by atomic mass is 10.1. The van der Waals surface area contributed by atoms with Gasteiger partial charge in [-0.2, -0.15) is 0 Å². The Morgan fingerprint density at radius 2 is 1.67 bits per heavy atom. The number of nitrogens with one attached hydrogen (secondary N) is 2. The number of anilines is 2. The second-order valence-corrected chi connectivity index (χ2v) is 7.27. The summed E-state index contributed by atoms with van der Waals surface area (Å²) in [6, 6.07) is 10.2. The summed E-state index contributed by atoms with van der Waals surface area (Å²) in [5.74, 6) is -0.412. The number of fused-ring (bicyclic) bond motifs is 1. The molecule has 6 heteroatoms. The molecule has 140 valence electrons. The summed E-state index contributed by atoms with van der Waals surface area (Å²) in [6.07, 6.45) is 0. The number of benzene rings is 2. The molecular weight excluding hydrogens is 342 g/mol. The third-order valence-corrected chi connectivity index (χ3v) is 4.42. The second kappa shape index (κ2) is 7.23. The number of amides is 4. The summed E-state index contributed by atoms with van der Waals surface area (Å²) in [4.78, 5) is 38.5. The first-order valence-electron chi connectivity index (χ1n) is 8.91. The highest BCUT2D eigenvalue weighted by Gasteiger charge is 2.35. The molecule has 6 nitrogen and oxygen atoms in total. The van der Waals surface area contributed by atoms with Gasteiger partial charge in [-0.15, -0.1) is 0 Å². The Bertz CT molecular complexity index is 934. The maximum absolute atomic E-state index is 12.5. The number of imide groups is 1. The van der Waals surface area contributed by atoms with Gasteiger partial charge in [-0.25, -0.2) is 4.79 Å². The Morgan fingerprint density at radius 1 is 0.963 bits per heavy atom. The van der Waals surface area contributed by atoms with Crippen LogP contribution >= 0.6 is 0 Å². The fourth-order valence-corrected chi connectivity index (χ4v) is 3.05. The molecule has 0 aliphatic carbocycles. The fraction of sp³-hybridized carbons (Fsp3) is 0.286. The number of carbonyl (C=O) groups excluding carboxylic acids is 3. The first-order valence-corrected chi connectivity index (χ1v) is 8.91. The lowest BCUT2D eigenvalue weighted by Gasteiger charge is -2.15. The standard InChI is InChI=1S/C21H23N3O3/c1-12(2)11-24-19(25)16-8-7-15(10-17(16)20(24)26)22-21(27)23-18-9-13(3)5-6-14(18)4/h5-10,12H,11H2,1-4H3,(H2,22,23,27). The predicted molar refractivity (Wildman–Crippen MR) is 105 cm³/mol. The van der Waals surface area contributed by atoms with E-state index in [1.807, 2.05) is 45.9 Å². The molecule has 2 aromatic carbocycles. The highest BCUT2D eigenvalue weighted by Crippen LogP contribution is 2.27. The van der Waals surface area contributed by atoms with Gasteiger partial charge in [-0.3, -0.25) is 14.5 Å². The molecule has 27 heavy (non-hydrogen) atoms. The van der Waals surface area contributed by atoms with Gasteiger partial charge in [0.25, 0.3) is 11.8 Å². The molecule has 3 rings (SSSR count). The largest absolute Gasteiger partial charge is 0.323 e. The summed E-state index contributed by atoms with van der Waals surface area (Å²) >= 11 is 0. The number of rotatable bonds is 4. The van der Waals surface area contributed by atoms with Crippen molar-refractivity contribution >= 4 is 29.2 Å². The van der Waals surface area contributed by atoms with E-state index in [1.165, 1.54) is 4.90 Å². The highest BCUT2D eigenvalue weighted by molar-refractivity contribution is 6.22. The van der Waals surface area contributed by atoms with Crippen LogP contribution in [-0.4, -0.2) is 29.3 Å². The first kappa shape index (κ1) is 18.6. The van der Waals surface area contributed by atoms with Crippen LogP contribution in [0.5, 0.6) is 0 Å². The second-order valence-electron chi connectivity index (χ2n) is 7.27. The summed E-state index contributed by atoms with van der Waals surface area (Å²) < 4.78 is 0. The fourth-order valence-electron chi connectivity index (χ4n) is 3.05. The molecule has 0 spiro atoms. The first-order chi connectivity index (χ1) is 12.8. The smallest absolute Gasteiger partial charge is 0.308 e. The van der Waals surface area contributed by atoms with Crippen LogP contribution in [0.1, 0.15) is 45.7 Å². The van der Waals surface area contributed by atoms with Crippen molar-refractivity contribution in [3.8, 4) is 0 Å². The SMILES string of the molecule is Cc1ccc(C)c(NC(=O)Nc2ccc3c(c2)C(=O)N(CC(C)C)C3=O)c1. The molecule has 0 fully saturated rings. The van der Waals surface area contributed by atoms with Gasteiger partial charge < -0.3 is 10.6 Å². The van der Waals surface area contributed by atoms with E-state index < -0.39 is 6.03 Å². The summed E-state index contributed by atoms with van der Waals surface area (Å²) in [5.41, 5.74) is 3.89. The van der Waals surface area contributed by atoms with Gasteiger partial charge in [-0.05, 0) is 55.2 Å². The van der Waals surface area contributed by atoms with Crippen LogP contribution < -0.4 is 10.6 Å². The Hall–Kier alpha value is -3.15. The zero-order valence-electron chi connectivity index (χ0n) is 15.9. The molecule has 0 bridgehead atoms. The van der Waals surface area contributed by atoms with E-state index >= 15 is 0 Å². The third-order valence-electron chi connectivity index (χ3n) is 4.42. The van der Waals surface area contributed by atoms with E-state index in [0.717, 1.165) is 16.8 Å². The molecule has 2 N–H and O–H groups in total. The van der Waals surface area contributed by atoms with Crippen molar-refractivity contribution in [1.82, 2.24) is 4.90 Å². The van der Waals surface area contributed by atoms with E-state index in [-0.39, 0.29) is 17.7 Å². The van der Waals surface area contributed by atoms with Crippen molar-refractivity contribution in [2.75, 3.05) is 17.2 Å². The van der Waals surface area contributed by atoms with Gasteiger partial charge in [-0.1, -0.05) is 26.0 Å². The average Bonchev–Trinajstić information content (AvgIpc) is 2.82. The van der Waals surface area contributed by atoms with Crippen molar-refractivity contribution in [3.05, 3.63) is 58.7 Å². The van der Waals surface area contributed by atoms with Gasteiger partial charge in [0.05, 0.1) is 11.1 Å². The number of hydrogen-bond donors (Lipinski definition) is 2. The Kier molecular flexibility index (Phi) is 4.99. The lowest BCUT2D eigenvalue weighted by Crippen LogP contribution is -2.33. The van der Waals surface area contributed by atoms with E-state index in [9.17, 15) is 14.4 Å². The van der Waals surface area contributed by atoms with Crippen molar-refractivity contribution < 1.29 is 14.4 Å². The molecule has 0 unspecified atom stereocenters. The van der Waals surface area contributed by atoms with Crippen molar-refractivity contribution in [2.24, 2.45) is 5.92 Å². The van der Waals surface area contributed by atoms with Crippen LogP contribution in [0.15, 0.2) is 36.4 Å². The molecule has 0 atom stereocenters. The highest BCUT2D eigenvalue weighted by atomic mass is 16.2. The van der Waals surface area contributed by atoms with E-state index in [0.29, 0.717) is 23.4 Å². The van der Waals surface area contributed by atoms with Crippen molar-refractivity contribution in [1.29, 1.82) is 0 Å². The van der Waals surface area contributed by atoms with Crippen LogP contribution in [0.3, 0.4) is 0 Å². The zero-order valence-corrected chi connectivity index (χ0v) is 15.9. The molecule has 2 aromatic rings. The average molecular weight is 365 g/mol. The minimum Gasteiger partial charge on any atom is -0.308 e. The zero-order chi connectivity index (χ0) is 19.7. The van der Waals surface area contributed by atoms with Crippen molar-refractivity contribution in [2.45, 2.75) is 27.7 Å². The van der Waals surface area contributed by atoms with Gasteiger partial charge in [0.2, 0.25) is 0 Å². The predicted octanol–water partition coefficient (Wildman–Crippen LogP) is 4.20. The molecule has 0 saturated carbocycles. The van der Waals surface area contributed by atoms with Crippen LogP contribution in [0.4, 0.5) is 16.2 Å². The number of carbonyl (C=O) groups is 3. The maximum atomic E-state index is 12.5. The monoisotopic (exact) mass is 365 g/mol. The van der Waals surface area contributed by atoms with E-state index in [2.05, 4.69) is 10.6 Å². The Morgan fingerprint density at radius 3 is 2.37 bits per heavy atom. The summed E-state index contributed by atoms with van der Waals surface area (Å²) in [6.45, 7) is 8.15. The molecule has 4 amide bonds. The number of hydrogen-bond acceptors (Lipinski definition) is 3. The number of nitrogens with zero attached hydrogens (tertiary/aromatic N) is 1. The lowest BCUT2D eigenvalue weighted by molar-refractivity contribution is 0.0636. The number of urea groups is 1. The molecule has 0 saturated heterocycles. The Labute approximate surface area is 158 Å². The van der Waals surface area contributed by atoms with E-state index in [4.69, 9.17) is 0 Å². The van der Waals surface area contributed by atoms with Crippen LogP contribution in [0.25, 0.3) is 0 Å². The minimum atomic E-state index is -0.403. The molecular formula is C21H23N3O3. The van der Waals surface area contributed by atoms with Gasteiger partial charge in [0.1, 0.15) is 0 Å². The van der Waals surface area contributed by atoms with Gasteiger partial charge in [0.15, 0.2) is 0 Å². The quantitative estimate of drug-likeness (QED) is 0.797. The van der Waals surface area contributed by atoms with Crippen LogP contribution in [-0.2, 0) is 0 Å². The molecule has 1 aliphatic rings. The normalized spacial score (nSPS) is 13.1. The minimum absolute atomic E-state index is 0.188. The van der Waals surface area contributed by atoms with Gasteiger partial charge in [0, 0.05) is 17.9 Å². The molecule has 1 heterocycles. The molecule has 0 radical (unpaired) electrons. The van der Waals surface area contributed by atoms with Crippen molar-refractivity contribution in [3.63, 3.8) is 0 Å². The topological polar surface area (TPSA) is 78.5 Å². The summed E-state index contributed by atoms with van der Waals surface area (Å²) in [5, 5.41) is 5.54. The Balaban J connectivity index is 1.76. The summed E-state index contributed by atoms with van der Waals surface area (Å²) in [7, 11) is 0. The molecule has 0 aromatic heterocycles. The van der Waals surface area contributed by atoms with Gasteiger partial charge >= 0.3 is 6.03 Å². The van der Waals surface area contributed by atoms with E-state index in [1.54, 1.807) is 18.2 Å².